The van der Waals surface area contributed by atoms with Crippen LogP contribution in [0.1, 0.15) is 36.8 Å². The van der Waals surface area contributed by atoms with Crippen molar-refractivity contribution in [3.8, 4) is 0 Å². The number of likely N-dealkylation sites (N-methyl/N-ethyl adjacent to an activating group) is 1. The number of halogens is 1. The molecule has 22 heavy (non-hydrogen) atoms. The van der Waals surface area contributed by atoms with E-state index >= 15 is 0 Å². The maximum absolute atomic E-state index is 12.3. The molecular weight excluding hydrogens is 304 g/mol. The lowest BCUT2D eigenvalue weighted by molar-refractivity contribution is -0.141. The Morgan fingerprint density at radius 3 is 2.77 bits per heavy atom. The zero-order valence-corrected chi connectivity index (χ0v) is 14.2. The molecule has 1 aliphatic rings. The molecule has 5 nitrogen and oxygen atoms in total. The molecule has 1 aromatic heterocycles. The maximum Gasteiger partial charge on any atom is 0.238 e. The third kappa shape index (κ3) is 3.64. The fourth-order valence-electron chi connectivity index (χ4n) is 2.98. The van der Waals surface area contributed by atoms with Crippen LogP contribution in [0.5, 0.6) is 0 Å². The van der Waals surface area contributed by atoms with Gasteiger partial charge in [-0.05, 0) is 33.3 Å². The number of piperidine rings is 1. The maximum atomic E-state index is 12.3. The Labute approximate surface area is 136 Å². The highest BCUT2D eigenvalue weighted by Gasteiger charge is 2.31. The fraction of sp³-hybridized carbons (Fsp3) is 0.625. The van der Waals surface area contributed by atoms with Crippen molar-refractivity contribution in [3.05, 3.63) is 23.2 Å². The van der Waals surface area contributed by atoms with Crippen molar-refractivity contribution in [3.63, 3.8) is 0 Å². The quantitative estimate of drug-likeness (QED) is 0.781. The number of alkyl halides is 1. The molecule has 6 heteroatoms. The van der Waals surface area contributed by atoms with Crippen molar-refractivity contribution >= 4 is 23.4 Å². The summed E-state index contributed by atoms with van der Waals surface area (Å²) in [6.45, 7) is 7.47. The molecule has 2 amide bonds. The van der Waals surface area contributed by atoms with Crippen LogP contribution in [0.4, 0.5) is 0 Å². The number of nitrogens with zero attached hydrogens (tertiary/aromatic N) is 2. The molecule has 1 aliphatic heterocycles. The molecule has 0 aliphatic carbocycles. The van der Waals surface area contributed by atoms with Gasteiger partial charge in [0.2, 0.25) is 11.8 Å². The monoisotopic (exact) mass is 326 g/mol. The Kier molecular flexibility index (Phi) is 5.51. The van der Waals surface area contributed by atoms with E-state index in [1.165, 1.54) is 0 Å². The second-order valence-electron chi connectivity index (χ2n) is 5.72. The van der Waals surface area contributed by atoms with Crippen molar-refractivity contribution in [2.24, 2.45) is 0 Å². The number of aryl methyl sites for hydroxylation is 2. The van der Waals surface area contributed by atoms with Crippen LogP contribution in [0.15, 0.2) is 10.5 Å². The lowest BCUT2D eigenvalue weighted by Gasteiger charge is -2.38. The van der Waals surface area contributed by atoms with Crippen molar-refractivity contribution in [1.29, 1.82) is 0 Å². The minimum atomic E-state index is -0.102. The van der Waals surface area contributed by atoms with Gasteiger partial charge in [0, 0.05) is 31.6 Å². The molecule has 1 saturated heterocycles. The van der Waals surface area contributed by atoms with Gasteiger partial charge in [-0.2, -0.15) is 0 Å². The molecule has 1 unspecified atom stereocenters. The van der Waals surface area contributed by atoms with Gasteiger partial charge in [-0.3, -0.25) is 9.59 Å². The Morgan fingerprint density at radius 1 is 1.50 bits per heavy atom. The van der Waals surface area contributed by atoms with Gasteiger partial charge in [0.15, 0.2) is 0 Å². The van der Waals surface area contributed by atoms with Crippen molar-refractivity contribution in [2.45, 2.75) is 46.2 Å². The minimum absolute atomic E-state index is 0.0125. The predicted molar refractivity (Wildman–Crippen MR) is 84.7 cm³/mol. The summed E-state index contributed by atoms with van der Waals surface area (Å²) >= 11 is 5.78. The lowest BCUT2D eigenvalue weighted by atomic mass is 10.0. The third-order valence-corrected chi connectivity index (χ3v) is 4.45. The van der Waals surface area contributed by atoms with E-state index < -0.39 is 0 Å². The van der Waals surface area contributed by atoms with Crippen LogP contribution in [-0.4, -0.2) is 46.6 Å². The summed E-state index contributed by atoms with van der Waals surface area (Å²) in [7, 11) is 0. The van der Waals surface area contributed by atoms with Crippen LogP contribution in [0.2, 0.25) is 0 Å². The van der Waals surface area contributed by atoms with E-state index in [2.05, 4.69) is 0 Å². The molecule has 1 fully saturated rings. The summed E-state index contributed by atoms with van der Waals surface area (Å²) in [4.78, 5) is 27.7. The van der Waals surface area contributed by atoms with Crippen LogP contribution in [-0.2, 0) is 16.1 Å². The number of hydrogen-bond donors (Lipinski definition) is 0. The average molecular weight is 327 g/mol. The molecular formula is C16H23ClN2O3. The third-order valence-electron chi connectivity index (χ3n) is 4.22. The van der Waals surface area contributed by atoms with Crippen LogP contribution < -0.4 is 0 Å². The van der Waals surface area contributed by atoms with Crippen molar-refractivity contribution < 1.29 is 14.0 Å². The first-order valence-electron chi connectivity index (χ1n) is 7.65. The second-order valence-corrected chi connectivity index (χ2v) is 5.99. The van der Waals surface area contributed by atoms with Gasteiger partial charge in [-0.15, -0.1) is 11.6 Å². The van der Waals surface area contributed by atoms with Gasteiger partial charge in [-0.25, -0.2) is 0 Å². The first-order chi connectivity index (χ1) is 10.5. The van der Waals surface area contributed by atoms with E-state index in [-0.39, 0.29) is 23.7 Å². The van der Waals surface area contributed by atoms with E-state index in [0.29, 0.717) is 32.5 Å². The Bertz CT molecular complexity index is 556. The standard InChI is InChI=1S/C16H23ClN2O3/c1-4-18-10-14(5-6-15(18)20)19(16(21)8-17)9-13-7-11(2)22-12(13)3/h7,14H,4-6,8-10H2,1-3H3. The van der Waals surface area contributed by atoms with Crippen LogP contribution in [0.3, 0.4) is 0 Å². The normalized spacial score (nSPS) is 18.6. The van der Waals surface area contributed by atoms with Crippen molar-refractivity contribution in [1.82, 2.24) is 9.80 Å². The van der Waals surface area contributed by atoms with Crippen LogP contribution in [0, 0.1) is 13.8 Å². The van der Waals surface area contributed by atoms with E-state index in [1.807, 2.05) is 26.8 Å². The number of rotatable bonds is 5. The average Bonchev–Trinajstić information content (AvgIpc) is 2.82. The van der Waals surface area contributed by atoms with Gasteiger partial charge in [0.05, 0.1) is 6.04 Å². The van der Waals surface area contributed by atoms with Gasteiger partial charge < -0.3 is 14.2 Å². The molecule has 1 atom stereocenters. The molecule has 2 heterocycles. The summed E-state index contributed by atoms with van der Waals surface area (Å²) in [6, 6.07) is 1.97. The molecule has 0 aromatic carbocycles. The zero-order chi connectivity index (χ0) is 16.3. The predicted octanol–water partition coefficient (Wildman–Crippen LogP) is 2.47. The molecule has 0 spiro atoms. The molecule has 0 bridgehead atoms. The van der Waals surface area contributed by atoms with Gasteiger partial charge in [0.25, 0.3) is 0 Å². The number of amides is 2. The summed E-state index contributed by atoms with van der Waals surface area (Å²) in [6.07, 6.45) is 1.17. The van der Waals surface area contributed by atoms with E-state index in [9.17, 15) is 9.59 Å². The van der Waals surface area contributed by atoms with Crippen LogP contribution >= 0.6 is 11.6 Å². The first-order valence-corrected chi connectivity index (χ1v) is 8.18. The Morgan fingerprint density at radius 2 is 2.23 bits per heavy atom. The molecule has 0 N–H and O–H groups in total. The highest BCUT2D eigenvalue weighted by Crippen LogP contribution is 2.22. The summed E-state index contributed by atoms with van der Waals surface area (Å²) < 4.78 is 5.54. The second kappa shape index (κ2) is 7.18. The topological polar surface area (TPSA) is 53.8 Å². The molecule has 122 valence electrons. The van der Waals surface area contributed by atoms with Gasteiger partial charge in [-0.1, -0.05) is 0 Å². The lowest BCUT2D eigenvalue weighted by Crippen LogP contribution is -2.52. The molecule has 2 rings (SSSR count). The van der Waals surface area contributed by atoms with E-state index in [1.54, 1.807) is 9.80 Å². The van der Waals surface area contributed by atoms with E-state index in [4.69, 9.17) is 16.0 Å². The molecule has 0 radical (unpaired) electrons. The largest absolute Gasteiger partial charge is 0.466 e. The summed E-state index contributed by atoms with van der Waals surface area (Å²) in [5.74, 6) is 1.67. The number of likely N-dealkylation sites (tertiary alicyclic amines) is 1. The number of furan rings is 1. The minimum Gasteiger partial charge on any atom is -0.466 e. The highest BCUT2D eigenvalue weighted by molar-refractivity contribution is 6.27. The fourth-order valence-corrected chi connectivity index (χ4v) is 3.13. The summed E-state index contributed by atoms with van der Waals surface area (Å²) in [5, 5.41) is 0. The Balaban J connectivity index is 2.17. The zero-order valence-electron chi connectivity index (χ0n) is 13.4. The van der Waals surface area contributed by atoms with Crippen LogP contribution in [0.25, 0.3) is 0 Å². The van der Waals surface area contributed by atoms with Gasteiger partial charge >= 0.3 is 0 Å². The molecule has 1 aromatic rings. The number of hydrogen-bond acceptors (Lipinski definition) is 3. The van der Waals surface area contributed by atoms with E-state index in [0.717, 1.165) is 17.1 Å². The highest BCUT2D eigenvalue weighted by atomic mass is 35.5. The van der Waals surface area contributed by atoms with Gasteiger partial charge in [0.1, 0.15) is 17.4 Å². The smallest absolute Gasteiger partial charge is 0.238 e. The first kappa shape index (κ1) is 16.9. The SMILES string of the molecule is CCN1CC(N(Cc2cc(C)oc2C)C(=O)CCl)CCC1=O. The number of carbonyl (C=O) groups is 2. The number of carbonyl (C=O) groups excluding carboxylic acids is 2. The summed E-state index contributed by atoms with van der Waals surface area (Å²) in [5.41, 5.74) is 0.996. The van der Waals surface area contributed by atoms with Crippen molar-refractivity contribution in [2.75, 3.05) is 19.0 Å². The Hall–Kier alpha value is -1.49. The molecule has 0 saturated carbocycles.